The van der Waals surface area contributed by atoms with Crippen molar-refractivity contribution >= 4 is 15.7 Å². The Balaban J connectivity index is 2.36. The highest BCUT2D eigenvalue weighted by atomic mass is 32.2. The third-order valence-corrected chi connectivity index (χ3v) is 4.72. The molecule has 2 aromatic rings. The Morgan fingerprint density at radius 2 is 1.81 bits per heavy atom. The number of anilines is 1. The Hall–Kier alpha value is -1.92. The van der Waals surface area contributed by atoms with Crippen molar-refractivity contribution in [1.82, 2.24) is 0 Å². The van der Waals surface area contributed by atoms with E-state index in [1.54, 1.807) is 26.0 Å². The van der Waals surface area contributed by atoms with Crippen LogP contribution in [0.5, 0.6) is 0 Å². The summed E-state index contributed by atoms with van der Waals surface area (Å²) >= 11 is 0. The second-order valence-corrected chi connectivity index (χ2v) is 6.52. The van der Waals surface area contributed by atoms with Gasteiger partial charge in [-0.2, -0.15) is 0 Å². The van der Waals surface area contributed by atoms with E-state index in [1.807, 2.05) is 0 Å². The molecule has 0 saturated carbocycles. The van der Waals surface area contributed by atoms with Crippen molar-refractivity contribution in [3.05, 3.63) is 58.9 Å². The molecule has 0 aliphatic carbocycles. The fourth-order valence-corrected chi connectivity index (χ4v) is 3.34. The largest absolute Gasteiger partial charge is 0.326 e. The smallest absolute Gasteiger partial charge is 0.262 e. The molecule has 0 fully saturated rings. The van der Waals surface area contributed by atoms with Gasteiger partial charge in [0.1, 0.15) is 5.82 Å². The summed E-state index contributed by atoms with van der Waals surface area (Å²) in [5.41, 5.74) is 7.72. The van der Waals surface area contributed by atoms with Crippen LogP contribution in [0.15, 0.2) is 41.3 Å². The van der Waals surface area contributed by atoms with Gasteiger partial charge in [0.15, 0.2) is 0 Å². The van der Waals surface area contributed by atoms with Crippen LogP contribution in [0.2, 0.25) is 0 Å². The zero-order valence-electron chi connectivity index (χ0n) is 11.9. The van der Waals surface area contributed by atoms with Crippen molar-refractivity contribution in [1.29, 1.82) is 0 Å². The fraction of sp³-hybridized carbons (Fsp3) is 0.200. The van der Waals surface area contributed by atoms with E-state index in [4.69, 9.17) is 5.73 Å². The molecule has 0 saturated heterocycles. The lowest BCUT2D eigenvalue weighted by Gasteiger charge is -2.12. The van der Waals surface area contributed by atoms with Gasteiger partial charge in [0.25, 0.3) is 10.0 Å². The van der Waals surface area contributed by atoms with Gasteiger partial charge in [-0.15, -0.1) is 0 Å². The number of benzene rings is 2. The highest BCUT2D eigenvalue weighted by molar-refractivity contribution is 7.92. The molecule has 0 amide bonds. The Morgan fingerprint density at radius 3 is 2.38 bits per heavy atom. The second-order valence-electron chi connectivity index (χ2n) is 4.87. The minimum atomic E-state index is -3.71. The summed E-state index contributed by atoms with van der Waals surface area (Å²) in [6.07, 6.45) is 0. The van der Waals surface area contributed by atoms with Crippen LogP contribution in [0.4, 0.5) is 10.1 Å². The maximum absolute atomic E-state index is 13.2. The predicted octanol–water partition coefficient (Wildman–Crippen LogP) is 2.70. The van der Waals surface area contributed by atoms with Crippen LogP contribution in [-0.2, 0) is 16.6 Å². The highest BCUT2D eigenvalue weighted by Gasteiger charge is 2.17. The number of hydrogen-bond donors (Lipinski definition) is 2. The third-order valence-electron chi connectivity index (χ3n) is 3.17. The summed E-state index contributed by atoms with van der Waals surface area (Å²) in [6.45, 7) is 3.64. The van der Waals surface area contributed by atoms with Gasteiger partial charge < -0.3 is 5.73 Å². The van der Waals surface area contributed by atoms with Crippen molar-refractivity contribution < 1.29 is 12.8 Å². The molecule has 112 valence electrons. The molecule has 4 nitrogen and oxygen atoms in total. The summed E-state index contributed by atoms with van der Waals surface area (Å²) in [5, 5.41) is 0. The first-order chi connectivity index (χ1) is 9.83. The number of nitrogens with one attached hydrogen (secondary N) is 1. The van der Waals surface area contributed by atoms with Gasteiger partial charge in [-0.3, -0.25) is 4.72 Å². The summed E-state index contributed by atoms with van der Waals surface area (Å²) in [7, 11) is -3.71. The van der Waals surface area contributed by atoms with Gasteiger partial charge >= 0.3 is 0 Å². The molecule has 2 rings (SSSR count). The molecule has 0 spiro atoms. The van der Waals surface area contributed by atoms with E-state index in [-0.39, 0.29) is 10.7 Å². The number of aryl methyl sites for hydroxylation is 2. The first-order valence-corrected chi connectivity index (χ1v) is 7.90. The van der Waals surface area contributed by atoms with E-state index in [0.717, 1.165) is 5.56 Å². The van der Waals surface area contributed by atoms with Crippen molar-refractivity contribution in [3.63, 3.8) is 0 Å². The van der Waals surface area contributed by atoms with E-state index in [2.05, 4.69) is 4.72 Å². The lowest BCUT2D eigenvalue weighted by molar-refractivity contribution is 0.600. The topological polar surface area (TPSA) is 72.2 Å². The lowest BCUT2D eigenvalue weighted by Crippen LogP contribution is -2.15. The van der Waals surface area contributed by atoms with Gasteiger partial charge in [-0.25, -0.2) is 12.8 Å². The molecule has 6 heteroatoms. The Morgan fingerprint density at radius 1 is 1.10 bits per heavy atom. The molecule has 0 atom stereocenters. The minimum Gasteiger partial charge on any atom is -0.326 e. The molecular weight excluding hydrogens is 291 g/mol. The average Bonchev–Trinajstić information content (AvgIpc) is 2.42. The van der Waals surface area contributed by atoms with E-state index >= 15 is 0 Å². The summed E-state index contributed by atoms with van der Waals surface area (Å²) in [6, 6.07) is 9.02. The van der Waals surface area contributed by atoms with Crippen LogP contribution in [0, 0.1) is 19.7 Å². The van der Waals surface area contributed by atoms with Gasteiger partial charge in [0, 0.05) is 12.2 Å². The molecule has 0 unspecified atom stereocenters. The summed E-state index contributed by atoms with van der Waals surface area (Å²) in [4.78, 5) is 0.182. The standard InChI is InChI=1S/C15H17FN2O2S/c1-10-8-13(4-5-14(10)16)18-21(19,20)15-6-3-12(9-17)7-11(15)2/h3-8,18H,9,17H2,1-2H3. The van der Waals surface area contributed by atoms with Crippen LogP contribution in [-0.4, -0.2) is 8.42 Å². The Bertz CT molecular complexity index is 773. The average molecular weight is 308 g/mol. The lowest BCUT2D eigenvalue weighted by atomic mass is 10.1. The molecule has 0 aliphatic rings. The normalized spacial score (nSPS) is 11.4. The van der Waals surface area contributed by atoms with Crippen molar-refractivity contribution in [2.45, 2.75) is 25.3 Å². The van der Waals surface area contributed by atoms with E-state index in [0.29, 0.717) is 23.4 Å². The highest BCUT2D eigenvalue weighted by Crippen LogP contribution is 2.21. The van der Waals surface area contributed by atoms with E-state index in [1.165, 1.54) is 24.3 Å². The number of sulfonamides is 1. The van der Waals surface area contributed by atoms with Gasteiger partial charge in [0.05, 0.1) is 4.90 Å². The van der Waals surface area contributed by atoms with Crippen LogP contribution < -0.4 is 10.5 Å². The maximum Gasteiger partial charge on any atom is 0.262 e. The number of rotatable bonds is 4. The monoisotopic (exact) mass is 308 g/mol. The maximum atomic E-state index is 13.2. The van der Waals surface area contributed by atoms with E-state index in [9.17, 15) is 12.8 Å². The van der Waals surface area contributed by atoms with Crippen LogP contribution in [0.3, 0.4) is 0 Å². The predicted molar refractivity (Wildman–Crippen MR) is 81.0 cm³/mol. The Labute approximate surface area is 123 Å². The first kappa shape index (κ1) is 15.5. The first-order valence-electron chi connectivity index (χ1n) is 6.42. The summed E-state index contributed by atoms with van der Waals surface area (Å²) < 4.78 is 40.4. The van der Waals surface area contributed by atoms with Crippen molar-refractivity contribution in [2.24, 2.45) is 5.73 Å². The van der Waals surface area contributed by atoms with Gasteiger partial charge in [-0.05, 0) is 54.8 Å². The van der Waals surface area contributed by atoms with Crippen LogP contribution >= 0.6 is 0 Å². The van der Waals surface area contributed by atoms with Crippen LogP contribution in [0.1, 0.15) is 16.7 Å². The van der Waals surface area contributed by atoms with Crippen molar-refractivity contribution in [3.8, 4) is 0 Å². The number of hydrogen-bond acceptors (Lipinski definition) is 3. The zero-order chi connectivity index (χ0) is 15.6. The van der Waals surface area contributed by atoms with Gasteiger partial charge in [0.2, 0.25) is 0 Å². The fourth-order valence-electron chi connectivity index (χ4n) is 2.06. The molecule has 0 aliphatic heterocycles. The van der Waals surface area contributed by atoms with E-state index < -0.39 is 10.0 Å². The molecule has 3 N–H and O–H groups in total. The molecule has 0 heterocycles. The Kier molecular flexibility index (Phi) is 4.29. The quantitative estimate of drug-likeness (QED) is 0.912. The molecule has 0 radical (unpaired) electrons. The SMILES string of the molecule is Cc1cc(NS(=O)(=O)c2ccc(CN)cc2C)ccc1F. The molecule has 0 bridgehead atoms. The number of halogens is 1. The molecule has 21 heavy (non-hydrogen) atoms. The molecular formula is C15H17FN2O2S. The van der Waals surface area contributed by atoms with Crippen LogP contribution in [0.25, 0.3) is 0 Å². The summed E-state index contributed by atoms with van der Waals surface area (Å²) in [5.74, 6) is -0.374. The number of nitrogens with two attached hydrogens (primary N) is 1. The molecule has 0 aromatic heterocycles. The zero-order valence-corrected chi connectivity index (χ0v) is 12.7. The third kappa shape index (κ3) is 3.40. The second kappa shape index (κ2) is 5.83. The van der Waals surface area contributed by atoms with Gasteiger partial charge in [-0.1, -0.05) is 12.1 Å². The molecule has 2 aromatic carbocycles. The van der Waals surface area contributed by atoms with Crippen molar-refractivity contribution in [2.75, 3.05) is 4.72 Å². The minimum absolute atomic E-state index is 0.182.